The Morgan fingerprint density at radius 1 is 1.42 bits per heavy atom. The molecular weight excluding hydrogens is 234 g/mol. The summed E-state index contributed by atoms with van der Waals surface area (Å²) in [6.07, 6.45) is 9.03. The molecule has 1 aliphatic rings. The number of nitrogens with one attached hydrogen (secondary N) is 1. The fourth-order valence-corrected chi connectivity index (χ4v) is 2.66. The second-order valence-corrected chi connectivity index (χ2v) is 6.02. The van der Waals surface area contributed by atoms with Crippen LogP contribution < -0.4 is 5.32 Å². The molecule has 0 radical (unpaired) electrons. The molecule has 19 heavy (non-hydrogen) atoms. The fourth-order valence-electron chi connectivity index (χ4n) is 2.66. The molecule has 3 heteroatoms. The molecule has 106 valence electrons. The van der Waals surface area contributed by atoms with E-state index in [1.807, 2.05) is 0 Å². The van der Waals surface area contributed by atoms with E-state index in [0.717, 1.165) is 31.1 Å². The standard InChI is InChI=1S/C16H27N3/c1-4-10-17-14-6-5-7-15-13(14)11-18-16(19-15)9-8-12(2)3/h11-12,14,17H,4-10H2,1-3H3. The molecule has 0 amide bonds. The van der Waals surface area contributed by atoms with Crippen LogP contribution in [-0.2, 0) is 12.8 Å². The molecule has 1 aromatic rings. The van der Waals surface area contributed by atoms with Crippen molar-refractivity contribution in [2.24, 2.45) is 5.92 Å². The van der Waals surface area contributed by atoms with E-state index in [0.29, 0.717) is 6.04 Å². The highest BCUT2D eigenvalue weighted by Gasteiger charge is 2.21. The third kappa shape index (κ3) is 4.00. The van der Waals surface area contributed by atoms with Gasteiger partial charge < -0.3 is 5.32 Å². The normalized spacial score (nSPS) is 18.6. The van der Waals surface area contributed by atoms with Crippen molar-refractivity contribution >= 4 is 0 Å². The van der Waals surface area contributed by atoms with E-state index in [9.17, 15) is 0 Å². The zero-order valence-electron chi connectivity index (χ0n) is 12.6. The highest BCUT2D eigenvalue weighted by Crippen LogP contribution is 2.28. The van der Waals surface area contributed by atoms with E-state index in [1.54, 1.807) is 0 Å². The van der Waals surface area contributed by atoms with Gasteiger partial charge in [0.1, 0.15) is 5.82 Å². The van der Waals surface area contributed by atoms with E-state index >= 15 is 0 Å². The molecule has 0 aliphatic heterocycles. The molecule has 0 spiro atoms. The SMILES string of the molecule is CCCNC1CCCc2nc(CCC(C)C)ncc21. The first kappa shape index (κ1) is 14.4. The summed E-state index contributed by atoms with van der Waals surface area (Å²) in [5.74, 6) is 1.75. The van der Waals surface area contributed by atoms with Crippen molar-refractivity contribution < 1.29 is 0 Å². The minimum absolute atomic E-state index is 0.475. The minimum Gasteiger partial charge on any atom is -0.310 e. The molecule has 1 heterocycles. The molecule has 1 aromatic heterocycles. The van der Waals surface area contributed by atoms with Gasteiger partial charge in [0, 0.05) is 29.9 Å². The number of nitrogens with zero attached hydrogens (tertiary/aromatic N) is 2. The Hall–Kier alpha value is -0.960. The lowest BCUT2D eigenvalue weighted by atomic mass is 9.92. The van der Waals surface area contributed by atoms with Crippen molar-refractivity contribution in [3.05, 3.63) is 23.3 Å². The lowest BCUT2D eigenvalue weighted by Crippen LogP contribution is -2.27. The zero-order valence-corrected chi connectivity index (χ0v) is 12.6. The highest BCUT2D eigenvalue weighted by molar-refractivity contribution is 5.24. The summed E-state index contributed by atoms with van der Waals surface area (Å²) in [6.45, 7) is 7.80. The Morgan fingerprint density at radius 2 is 2.26 bits per heavy atom. The van der Waals surface area contributed by atoms with Crippen LogP contribution in [0.25, 0.3) is 0 Å². The van der Waals surface area contributed by atoms with Gasteiger partial charge in [-0.15, -0.1) is 0 Å². The molecule has 0 saturated carbocycles. The predicted molar refractivity (Wildman–Crippen MR) is 79.2 cm³/mol. The number of hydrogen-bond acceptors (Lipinski definition) is 3. The van der Waals surface area contributed by atoms with Crippen LogP contribution in [-0.4, -0.2) is 16.5 Å². The quantitative estimate of drug-likeness (QED) is 0.852. The number of aromatic nitrogens is 2. The molecular formula is C16H27N3. The van der Waals surface area contributed by atoms with Crippen LogP contribution in [0.1, 0.15) is 69.6 Å². The Labute approximate surface area is 117 Å². The second-order valence-electron chi connectivity index (χ2n) is 6.02. The first-order valence-electron chi connectivity index (χ1n) is 7.78. The minimum atomic E-state index is 0.475. The van der Waals surface area contributed by atoms with Gasteiger partial charge in [0.15, 0.2) is 0 Å². The van der Waals surface area contributed by atoms with Crippen LogP contribution in [0.5, 0.6) is 0 Å². The van der Waals surface area contributed by atoms with Gasteiger partial charge in [0.25, 0.3) is 0 Å². The Bertz CT molecular complexity index is 401. The molecule has 1 unspecified atom stereocenters. The Balaban J connectivity index is 2.07. The monoisotopic (exact) mass is 261 g/mol. The van der Waals surface area contributed by atoms with Crippen LogP contribution in [0.15, 0.2) is 6.20 Å². The van der Waals surface area contributed by atoms with Gasteiger partial charge >= 0.3 is 0 Å². The first-order valence-corrected chi connectivity index (χ1v) is 7.78. The number of aryl methyl sites for hydroxylation is 2. The molecule has 0 saturated heterocycles. The van der Waals surface area contributed by atoms with Crippen LogP contribution in [0.3, 0.4) is 0 Å². The van der Waals surface area contributed by atoms with Gasteiger partial charge in [0.05, 0.1) is 0 Å². The third-order valence-electron chi connectivity index (χ3n) is 3.82. The number of rotatable bonds is 6. The highest BCUT2D eigenvalue weighted by atomic mass is 14.9. The van der Waals surface area contributed by atoms with Crippen molar-refractivity contribution in [2.45, 2.75) is 65.3 Å². The van der Waals surface area contributed by atoms with Crippen LogP contribution >= 0.6 is 0 Å². The molecule has 2 rings (SSSR count). The van der Waals surface area contributed by atoms with Crippen molar-refractivity contribution in [3.63, 3.8) is 0 Å². The van der Waals surface area contributed by atoms with Crippen molar-refractivity contribution in [3.8, 4) is 0 Å². The molecule has 0 fully saturated rings. The summed E-state index contributed by atoms with van der Waals surface area (Å²) in [5, 5.41) is 3.62. The summed E-state index contributed by atoms with van der Waals surface area (Å²) in [4.78, 5) is 9.36. The molecule has 1 N–H and O–H groups in total. The molecule has 0 bridgehead atoms. The van der Waals surface area contributed by atoms with Gasteiger partial charge in [-0.1, -0.05) is 20.8 Å². The summed E-state index contributed by atoms with van der Waals surface area (Å²) in [6, 6.07) is 0.475. The van der Waals surface area contributed by atoms with Crippen molar-refractivity contribution in [1.82, 2.24) is 15.3 Å². The average Bonchev–Trinajstić information content (AvgIpc) is 2.42. The van der Waals surface area contributed by atoms with Gasteiger partial charge in [-0.25, -0.2) is 9.97 Å². The van der Waals surface area contributed by atoms with Gasteiger partial charge in [-0.05, 0) is 44.6 Å². The second kappa shape index (κ2) is 6.99. The van der Waals surface area contributed by atoms with E-state index in [-0.39, 0.29) is 0 Å². The average molecular weight is 261 g/mol. The Morgan fingerprint density at radius 3 is 3.00 bits per heavy atom. The fraction of sp³-hybridized carbons (Fsp3) is 0.750. The van der Waals surface area contributed by atoms with Gasteiger partial charge in [-0.3, -0.25) is 0 Å². The van der Waals surface area contributed by atoms with Crippen LogP contribution in [0, 0.1) is 5.92 Å². The largest absolute Gasteiger partial charge is 0.310 e. The maximum atomic E-state index is 4.79. The van der Waals surface area contributed by atoms with Crippen molar-refractivity contribution in [2.75, 3.05) is 6.54 Å². The summed E-state index contributed by atoms with van der Waals surface area (Å²) in [7, 11) is 0. The smallest absolute Gasteiger partial charge is 0.128 e. The number of fused-ring (bicyclic) bond motifs is 1. The molecule has 1 aliphatic carbocycles. The van der Waals surface area contributed by atoms with Crippen LogP contribution in [0.4, 0.5) is 0 Å². The summed E-state index contributed by atoms with van der Waals surface area (Å²) < 4.78 is 0. The van der Waals surface area contributed by atoms with Gasteiger partial charge in [0.2, 0.25) is 0 Å². The third-order valence-corrected chi connectivity index (χ3v) is 3.82. The van der Waals surface area contributed by atoms with E-state index in [2.05, 4.69) is 37.3 Å². The Kier molecular flexibility index (Phi) is 5.32. The molecule has 1 atom stereocenters. The van der Waals surface area contributed by atoms with E-state index < -0.39 is 0 Å². The van der Waals surface area contributed by atoms with E-state index in [1.165, 1.54) is 36.9 Å². The summed E-state index contributed by atoms with van der Waals surface area (Å²) in [5.41, 5.74) is 2.63. The zero-order chi connectivity index (χ0) is 13.7. The maximum Gasteiger partial charge on any atom is 0.128 e. The lowest BCUT2D eigenvalue weighted by Gasteiger charge is -2.25. The van der Waals surface area contributed by atoms with Gasteiger partial charge in [-0.2, -0.15) is 0 Å². The maximum absolute atomic E-state index is 4.79. The molecule has 0 aromatic carbocycles. The molecule has 3 nitrogen and oxygen atoms in total. The summed E-state index contributed by atoms with van der Waals surface area (Å²) >= 11 is 0. The van der Waals surface area contributed by atoms with Crippen molar-refractivity contribution in [1.29, 1.82) is 0 Å². The topological polar surface area (TPSA) is 37.8 Å². The first-order chi connectivity index (χ1) is 9.20. The lowest BCUT2D eigenvalue weighted by molar-refractivity contribution is 0.451. The number of hydrogen-bond donors (Lipinski definition) is 1. The van der Waals surface area contributed by atoms with E-state index in [4.69, 9.17) is 4.98 Å². The predicted octanol–water partition coefficient (Wildman–Crippen LogP) is 3.44. The van der Waals surface area contributed by atoms with Crippen LogP contribution in [0.2, 0.25) is 0 Å².